The summed E-state index contributed by atoms with van der Waals surface area (Å²) in [5.74, 6) is 0. The zero-order valence-electron chi connectivity index (χ0n) is 28.0. The second-order valence-electron chi connectivity index (χ2n) is 11.7. The summed E-state index contributed by atoms with van der Waals surface area (Å²) in [6.45, 7) is 0. The van der Waals surface area contributed by atoms with Crippen molar-refractivity contribution in [1.82, 2.24) is 0 Å². The van der Waals surface area contributed by atoms with Gasteiger partial charge in [0.25, 0.3) is 0 Å². The maximum atomic E-state index is 4.58. The van der Waals surface area contributed by atoms with Crippen molar-refractivity contribution in [2.75, 3.05) is 12.3 Å². The van der Waals surface area contributed by atoms with Gasteiger partial charge in [0.1, 0.15) is 15.9 Å². The van der Waals surface area contributed by atoms with Crippen LogP contribution in [0.25, 0.3) is 0 Å². The van der Waals surface area contributed by atoms with Crippen LogP contribution in [0.5, 0.6) is 0 Å². The fourth-order valence-corrected chi connectivity index (χ4v) is 14.4. The third-order valence-electron chi connectivity index (χ3n) is 8.53. The summed E-state index contributed by atoms with van der Waals surface area (Å²) in [7, 11) is 2.22. The second kappa shape index (κ2) is 21.9. The molecular weight excluding hydrogens is 866 g/mol. The summed E-state index contributed by atoms with van der Waals surface area (Å²) in [6.07, 6.45) is 3.84. The smallest absolute Gasteiger partial charge is 0.0620 e. The number of hydrogen-bond donors (Lipinski definition) is 0. The molecule has 0 nitrogen and oxygen atoms in total. The van der Waals surface area contributed by atoms with Crippen molar-refractivity contribution in [2.24, 2.45) is 0 Å². The van der Waals surface area contributed by atoms with E-state index in [2.05, 4.69) is 222 Å². The molecule has 0 aromatic heterocycles. The molecule has 0 aliphatic carbocycles. The first-order chi connectivity index (χ1) is 24.9. The first-order valence-corrected chi connectivity index (χ1v) is 24.5. The molecule has 7 aromatic carbocycles. The van der Waals surface area contributed by atoms with Gasteiger partial charge in [0.15, 0.2) is 0 Å². The molecule has 0 unspecified atom stereocenters. The Morgan fingerprint density at radius 1 is 0.280 bits per heavy atom. The molecule has 0 atom stereocenters. The maximum Gasteiger partial charge on any atom is 0.102 e. The molecule has 0 amide bonds. The Morgan fingerprint density at radius 2 is 0.460 bits per heavy atom. The average molecular weight is 910 g/mol. The van der Waals surface area contributed by atoms with E-state index in [9.17, 15) is 0 Å². The third kappa shape index (κ3) is 11.4. The van der Waals surface area contributed by atoms with Crippen molar-refractivity contribution in [1.29, 1.82) is 0 Å². The van der Waals surface area contributed by atoms with Gasteiger partial charge >= 0.3 is 29.2 Å². The molecule has 0 N–H and O–H groups in total. The number of halogens is 1. The predicted molar refractivity (Wildman–Crippen MR) is 228 cm³/mol. The van der Waals surface area contributed by atoms with Gasteiger partial charge in [-0.15, -0.1) is 0 Å². The van der Waals surface area contributed by atoms with Gasteiger partial charge in [-0.1, -0.05) is 127 Å². The largest absolute Gasteiger partial charge is 0.102 e. The van der Waals surface area contributed by atoms with E-state index in [1.807, 2.05) is 0 Å². The second-order valence-corrected chi connectivity index (χ2v) is 19.5. The van der Waals surface area contributed by atoms with E-state index in [0.29, 0.717) is 0 Å². The topological polar surface area (TPSA) is 0 Å². The standard InChI is InChI=1S/C27H26P2.C18H15P.Au.ClH/c1-5-14-24(15-6-1)28(25-16-7-2-8-17-25)22-13-23-29(26-18-9-3-10-19-26)27-20-11-4-12-21-27;1-4-10-16(11-5-1)19(17-12-6-2-7-13-17)18-14-8-3-9-15-18;;/h1-12,14-21H,13,22-23H2;1-15H;;1H/q;;+1;/p+2. The van der Waals surface area contributed by atoms with Crippen LogP contribution in [-0.2, 0) is 20.0 Å². The molecule has 50 heavy (non-hydrogen) atoms. The summed E-state index contributed by atoms with van der Waals surface area (Å²) in [6, 6.07) is 77.1. The molecule has 0 spiro atoms. The third-order valence-corrected chi connectivity index (χ3v) is 17.1. The fraction of sp³-hybridized carbons (Fsp3) is 0.0667. The zero-order valence-corrected chi connectivity index (χ0v) is 33.9. The number of rotatable bonds is 11. The Hall–Kier alpha value is -3.14. The van der Waals surface area contributed by atoms with Crippen LogP contribution in [0, 0.1) is 0 Å². The van der Waals surface area contributed by atoms with Crippen LogP contribution >= 0.6 is 33.0 Å². The fourth-order valence-electron chi connectivity index (χ4n) is 6.22. The average Bonchev–Trinajstić information content (AvgIpc) is 3.22. The SMILES string of the molecule is [Cl][Au].c1ccc([PH+](CCC[PH+](c2ccccc2)c2ccccc2)c2ccccc2)cc1.c1ccc([PH+](c2ccccc2)c2ccccc2)cc1. The Bertz CT molecular complexity index is 1630. The first kappa shape index (κ1) is 38.1. The van der Waals surface area contributed by atoms with Crippen molar-refractivity contribution in [3.05, 3.63) is 212 Å². The van der Waals surface area contributed by atoms with Gasteiger partial charge in [0, 0.05) is 6.42 Å². The molecule has 0 saturated heterocycles. The van der Waals surface area contributed by atoms with Gasteiger partial charge in [-0.2, -0.15) is 0 Å². The quantitative estimate of drug-likeness (QED) is 0.0899. The Labute approximate surface area is 319 Å². The van der Waals surface area contributed by atoms with Gasteiger partial charge in [0.05, 0.1) is 57.3 Å². The summed E-state index contributed by atoms with van der Waals surface area (Å²) in [4.78, 5) is 0. The molecule has 7 rings (SSSR count). The maximum absolute atomic E-state index is 4.58. The van der Waals surface area contributed by atoms with E-state index >= 15 is 0 Å². The van der Waals surface area contributed by atoms with Crippen LogP contribution in [-0.4, -0.2) is 12.3 Å². The van der Waals surface area contributed by atoms with Gasteiger partial charge < -0.3 is 0 Å². The molecule has 7 aromatic rings. The van der Waals surface area contributed by atoms with Crippen molar-refractivity contribution >= 4 is 70.1 Å². The predicted octanol–water partition coefficient (Wildman–Crippen LogP) is 8.97. The van der Waals surface area contributed by atoms with Crippen LogP contribution in [0.3, 0.4) is 0 Å². The van der Waals surface area contributed by atoms with Gasteiger partial charge in [-0.3, -0.25) is 0 Å². The molecule has 0 radical (unpaired) electrons. The van der Waals surface area contributed by atoms with Crippen LogP contribution in [0.15, 0.2) is 212 Å². The van der Waals surface area contributed by atoms with E-state index in [4.69, 9.17) is 0 Å². The summed E-state index contributed by atoms with van der Waals surface area (Å²) in [5.41, 5.74) is 0. The molecule has 0 fully saturated rings. The monoisotopic (exact) mass is 909 g/mol. The van der Waals surface area contributed by atoms with E-state index in [1.165, 1.54) is 55.9 Å². The molecule has 0 aliphatic rings. The molecule has 0 saturated carbocycles. The summed E-state index contributed by atoms with van der Waals surface area (Å²) >= 11 is 1.75. The summed E-state index contributed by atoms with van der Waals surface area (Å²) in [5, 5.41) is 10.4. The zero-order chi connectivity index (χ0) is 34.6. The minimum Gasteiger partial charge on any atom is -0.0620 e. The summed E-state index contributed by atoms with van der Waals surface area (Å²) < 4.78 is 0. The molecule has 0 aliphatic heterocycles. The minimum absolute atomic E-state index is 0.742. The molecule has 5 heteroatoms. The van der Waals surface area contributed by atoms with Gasteiger partial charge in [0.2, 0.25) is 0 Å². The van der Waals surface area contributed by atoms with Crippen molar-refractivity contribution in [2.45, 2.75) is 6.42 Å². The molecule has 0 heterocycles. The molecule has 0 bridgehead atoms. The van der Waals surface area contributed by atoms with E-state index in [0.717, 1.165) is 0 Å². The Kier molecular flexibility index (Phi) is 16.7. The molecular formula is C45H44AuClP3+3. The van der Waals surface area contributed by atoms with E-state index in [1.54, 1.807) is 20.0 Å². The van der Waals surface area contributed by atoms with E-state index < -0.39 is 23.8 Å². The number of hydrogen-bond acceptors (Lipinski definition) is 0. The first-order valence-electron chi connectivity index (χ1n) is 16.9. The van der Waals surface area contributed by atoms with Crippen LogP contribution in [0.2, 0.25) is 0 Å². The Morgan fingerprint density at radius 3 is 0.660 bits per heavy atom. The van der Waals surface area contributed by atoms with Gasteiger partial charge in [-0.25, -0.2) is 0 Å². The normalized spacial score (nSPS) is 10.6. The van der Waals surface area contributed by atoms with Crippen LogP contribution < -0.4 is 37.1 Å². The van der Waals surface area contributed by atoms with Crippen molar-refractivity contribution in [3.63, 3.8) is 0 Å². The van der Waals surface area contributed by atoms with E-state index in [-0.39, 0.29) is 0 Å². The van der Waals surface area contributed by atoms with Crippen LogP contribution in [0.4, 0.5) is 0 Å². The minimum atomic E-state index is -0.877. The van der Waals surface area contributed by atoms with Crippen LogP contribution in [0.1, 0.15) is 6.42 Å². The van der Waals surface area contributed by atoms with Gasteiger partial charge in [-0.05, 0) is 84.9 Å². The number of benzene rings is 7. The van der Waals surface area contributed by atoms with Crippen molar-refractivity contribution < 1.29 is 20.0 Å². The van der Waals surface area contributed by atoms with Crippen molar-refractivity contribution in [3.8, 4) is 0 Å². The molecule has 254 valence electrons. The Balaban J connectivity index is 0.000000200.